The van der Waals surface area contributed by atoms with Gasteiger partial charge in [0, 0.05) is 12.7 Å². The van der Waals surface area contributed by atoms with Crippen LogP contribution < -0.4 is 0 Å². The first-order chi connectivity index (χ1) is 8.22. The van der Waals surface area contributed by atoms with E-state index in [0.29, 0.717) is 6.54 Å². The average Bonchev–Trinajstić information content (AvgIpc) is 2.35. The summed E-state index contributed by atoms with van der Waals surface area (Å²) in [5.41, 5.74) is 2.27. The van der Waals surface area contributed by atoms with Crippen LogP contribution in [0.25, 0.3) is 0 Å². The molecule has 1 aromatic rings. The second kappa shape index (κ2) is 5.63. The number of rotatable bonds is 3. The molecule has 0 spiro atoms. The molecule has 1 aliphatic heterocycles. The number of carbonyl (C=O) groups excluding carboxylic acids is 1. The minimum atomic E-state index is -0.00922. The summed E-state index contributed by atoms with van der Waals surface area (Å²) in [7, 11) is 0. The molecule has 0 aromatic carbocycles. The molecule has 2 heterocycles. The van der Waals surface area contributed by atoms with Crippen molar-refractivity contribution < 1.29 is 4.79 Å². The molecule has 92 valence electrons. The fourth-order valence-corrected chi connectivity index (χ4v) is 2.78. The van der Waals surface area contributed by atoms with Crippen LogP contribution in [0, 0.1) is 0 Å². The number of aromatic nitrogens is 1. The van der Waals surface area contributed by atoms with Crippen molar-refractivity contribution in [2.45, 2.75) is 37.6 Å². The van der Waals surface area contributed by atoms with E-state index in [9.17, 15) is 4.79 Å². The summed E-state index contributed by atoms with van der Waals surface area (Å²) in [6, 6.07) is 4.04. The zero-order chi connectivity index (χ0) is 12.3. The maximum Gasteiger partial charge on any atom is 0.236 e. The average molecular weight is 297 g/mol. The van der Waals surface area contributed by atoms with Crippen molar-refractivity contribution in [3.63, 3.8) is 0 Å². The fourth-order valence-electron chi connectivity index (χ4n) is 2.17. The van der Waals surface area contributed by atoms with E-state index < -0.39 is 0 Å². The molecule has 1 aromatic heterocycles. The lowest BCUT2D eigenvalue weighted by Crippen LogP contribution is -2.41. The minimum absolute atomic E-state index is 0.00922. The summed E-state index contributed by atoms with van der Waals surface area (Å²) < 4.78 is 0. The smallest absolute Gasteiger partial charge is 0.236 e. The van der Waals surface area contributed by atoms with Gasteiger partial charge in [-0.15, -0.1) is 0 Å². The van der Waals surface area contributed by atoms with E-state index in [-0.39, 0.29) is 10.7 Å². The van der Waals surface area contributed by atoms with Gasteiger partial charge in [-0.25, -0.2) is 0 Å². The Hall–Kier alpha value is -0.900. The van der Waals surface area contributed by atoms with Crippen molar-refractivity contribution in [1.82, 2.24) is 9.88 Å². The van der Waals surface area contributed by atoms with Crippen LogP contribution in [0.5, 0.6) is 0 Å². The Bertz CT molecular complexity index is 408. The predicted octanol–water partition coefficient (Wildman–Crippen LogP) is 2.53. The van der Waals surface area contributed by atoms with Crippen molar-refractivity contribution in [3.05, 3.63) is 29.6 Å². The Kier molecular flexibility index (Phi) is 4.15. The van der Waals surface area contributed by atoms with Crippen molar-refractivity contribution in [1.29, 1.82) is 0 Å². The van der Waals surface area contributed by atoms with Gasteiger partial charge in [-0.1, -0.05) is 28.9 Å². The summed E-state index contributed by atoms with van der Waals surface area (Å²) in [5, 5.41) is 0. The maximum absolute atomic E-state index is 12.0. The Morgan fingerprint density at radius 3 is 3.18 bits per heavy atom. The van der Waals surface area contributed by atoms with E-state index in [1.54, 1.807) is 6.20 Å². The van der Waals surface area contributed by atoms with E-state index in [0.717, 1.165) is 31.5 Å². The Morgan fingerprint density at radius 1 is 1.59 bits per heavy atom. The number of alkyl halides is 1. The number of nitrogens with zero attached hydrogens (tertiary/aromatic N) is 2. The molecule has 17 heavy (non-hydrogen) atoms. The minimum Gasteiger partial charge on any atom is -0.336 e. The van der Waals surface area contributed by atoms with Gasteiger partial charge in [0.1, 0.15) is 0 Å². The molecule has 3 nitrogen and oxygen atoms in total. The molecule has 0 bridgehead atoms. The third-order valence-corrected chi connectivity index (χ3v) is 4.02. The maximum atomic E-state index is 12.0. The van der Waals surface area contributed by atoms with Crippen LogP contribution in [0.4, 0.5) is 0 Å². The van der Waals surface area contributed by atoms with Crippen LogP contribution in [0.3, 0.4) is 0 Å². The monoisotopic (exact) mass is 296 g/mol. The Morgan fingerprint density at radius 2 is 2.41 bits per heavy atom. The zero-order valence-electron chi connectivity index (χ0n) is 10.0. The van der Waals surface area contributed by atoms with E-state index >= 15 is 0 Å². The zero-order valence-corrected chi connectivity index (χ0v) is 11.6. The molecular formula is C13H17BrN2O. The molecule has 1 amide bonds. The Labute approximate surface area is 110 Å². The molecule has 0 N–H and O–H groups in total. The van der Waals surface area contributed by atoms with Gasteiger partial charge in [0.05, 0.1) is 17.1 Å². The lowest BCUT2D eigenvalue weighted by molar-refractivity contribution is -0.133. The number of pyridine rings is 1. The van der Waals surface area contributed by atoms with Gasteiger partial charge in [0.2, 0.25) is 5.91 Å². The highest BCUT2D eigenvalue weighted by molar-refractivity contribution is 9.10. The van der Waals surface area contributed by atoms with Crippen LogP contribution in [0.1, 0.15) is 31.0 Å². The highest BCUT2D eigenvalue weighted by Crippen LogP contribution is 2.20. The second-order valence-electron chi connectivity index (χ2n) is 4.33. The first-order valence-corrected chi connectivity index (χ1v) is 6.99. The van der Waals surface area contributed by atoms with E-state index in [4.69, 9.17) is 0 Å². The van der Waals surface area contributed by atoms with Crippen molar-refractivity contribution in [2.24, 2.45) is 0 Å². The number of carbonyl (C=O) groups is 1. The van der Waals surface area contributed by atoms with Crippen LogP contribution in [0.2, 0.25) is 0 Å². The predicted molar refractivity (Wildman–Crippen MR) is 71.0 cm³/mol. The molecule has 0 aliphatic carbocycles. The number of hydrogen-bond donors (Lipinski definition) is 0. The highest BCUT2D eigenvalue weighted by Gasteiger charge is 2.26. The number of aryl methyl sites for hydroxylation is 1. The van der Waals surface area contributed by atoms with Crippen LogP contribution in [0.15, 0.2) is 18.3 Å². The third-order valence-electron chi connectivity index (χ3n) is 3.17. The van der Waals surface area contributed by atoms with Crippen LogP contribution in [-0.4, -0.2) is 27.2 Å². The topological polar surface area (TPSA) is 33.2 Å². The van der Waals surface area contributed by atoms with Gasteiger partial charge < -0.3 is 4.90 Å². The standard InChI is InChI=1S/C13H17BrN2O/c1-2-10-5-3-7-15-12(10)9-16-8-4-6-11(14)13(16)17/h3,5,7,11H,2,4,6,8-9H2,1H3. The second-order valence-corrected chi connectivity index (χ2v) is 5.44. The van der Waals surface area contributed by atoms with Crippen molar-refractivity contribution in [3.8, 4) is 0 Å². The van der Waals surface area contributed by atoms with E-state index in [1.807, 2.05) is 11.0 Å². The molecule has 1 saturated heterocycles. The summed E-state index contributed by atoms with van der Waals surface area (Å²) in [6.07, 6.45) is 4.77. The van der Waals surface area contributed by atoms with Gasteiger partial charge in [-0.3, -0.25) is 9.78 Å². The first kappa shape index (κ1) is 12.6. The van der Waals surface area contributed by atoms with Gasteiger partial charge in [0.15, 0.2) is 0 Å². The third kappa shape index (κ3) is 2.86. The highest BCUT2D eigenvalue weighted by atomic mass is 79.9. The van der Waals surface area contributed by atoms with Gasteiger partial charge in [0.25, 0.3) is 0 Å². The SMILES string of the molecule is CCc1cccnc1CN1CCCC(Br)C1=O. The molecule has 0 saturated carbocycles. The first-order valence-electron chi connectivity index (χ1n) is 6.08. The summed E-state index contributed by atoms with van der Waals surface area (Å²) in [6.45, 7) is 3.61. The number of amides is 1. The fraction of sp³-hybridized carbons (Fsp3) is 0.538. The van der Waals surface area contributed by atoms with E-state index in [2.05, 4.69) is 33.9 Å². The van der Waals surface area contributed by atoms with Gasteiger partial charge >= 0.3 is 0 Å². The van der Waals surface area contributed by atoms with Crippen molar-refractivity contribution in [2.75, 3.05) is 6.54 Å². The van der Waals surface area contributed by atoms with Gasteiger partial charge in [-0.05, 0) is 30.9 Å². The normalized spacial score (nSPS) is 20.7. The number of hydrogen-bond acceptors (Lipinski definition) is 2. The summed E-state index contributed by atoms with van der Waals surface area (Å²) >= 11 is 3.43. The molecular weight excluding hydrogens is 280 g/mol. The molecule has 1 unspecified atom stereocenters. The number of halogens is 1. The lowest BCUT2D eigenvalue weighted by atomic mass is 10.1. The van der Waals surface area contributed by atoms with Crippen molar-refractivity contribution >= 4 is 21.8 Å². The molecule has 4 heteroatoms. The number of piperidine rings is 1. The largest absolute Gasteiger partial charge is 0.336 e. The summed E-state index contributed by atoms with van der Waals surface area (Å²) in [5.74, 6) is 0.198. The molecule has 0 radical (unpaired) electrons. The molecule has 1 atom stereocenters. The quantitative estimate of drug-likeness (QED) is 0.803. The molecule has 1 fully saturated rings. The van der Waals surface area contributed by atoms with Crippen LogP contribution in [-0.2, 0) is 17.8 Å². The molecule has 1 aliphatic rings. The Balaban J connectivity index is 2.12. The van der Waals surface area contributed by atoms with Crippen LogP contribution >= 0.6 is 15.9 Å². The summed E-state index contributed by atoms with van der Waals surface area (Å²) in [4.78, 5) is 18.3. The number of likely N-dealkylation sites (tertiary alicyclic amines) is 1. The van der Waals surface area contributed by atoms with Gasteiger partial charge in [-0.2, -0.15) is 0 Å². The lowest BCUT2D eigenvalue weighted by Gasteiger charge is -2.30. The van der Waals surface area contributed by atoms with E-state index in [1.165, 1.54) is 5.56 Å². The molecule has 2 rings (SSSR count).